The van der Waals surface area contributed by atoms with Crippen molar-refractivity contribution in [2.75, 3.05) is 41.3 Å². The van der Waals surface area contributed by atoms with Crippen molar-refractivity contribution >= 4 is 50.2 Å². The number of nitrogens with one attached hydrogen (secondary N) is 2. The largest absolute Gasteiger partial charge is 0.354 e. The van der Waals surface area contributed by atoms with Crippen molar-refractivity contribution in [1.29, 1.82) is 0 Å². The second kappa shape index (κ2) is 11.5. The van der Waals surface area contributed by atoms with E-state index in [4.69, 9.17) is 0 Å². The molecule has 1 aliphatic heterocycles. The smallest absolute Gasteiger partial charge is 0.258 e. The summed E-state index contributed by atoms with van der Waals surface area (Å²) in [5, 5.41) is 6.30. The Kier molecular flexibility index (Phi) is 8.16. The summed E-state index contributed by atoms with van der Waals surface area (Å²) in [5.41, 5.74) is 4.61. The molecule has 1 heterocycles. The number of hydrogen-bond acceptors (Lipinski definition) is 5. The highest BCUT2D eigenvalue weighted by atomic mass is 32.2. The number of fused-ring (bicyclic) bond motifs is 1. The van der Waals surface area contributed by atoms with Gasteiger partial charge in [0.25, 0.3) is 5.91 Å². The first-order valence-electron chi connectivity index (χ1n) is 12.5. The number of hydrogen-bond donors (Lipinski definition) is 2. The molecule has 9 heteroatoms. The van der Waals surface area contributed by atoms with Gasteiger partial charge in [0.1, 0.15) is 6.54 Å². The van der Waals surface area contributed by atoms with Crippen LogP contribution in [0.25, 0.3) is 11.3 Å². The van der Waals surface area contributed by atoms with Crippen molar-refractivity contribution in [3.8, 4) is 0 Å². The van der Waals surface area contributed by atoms with Gasteiger partial charge in [0, 0.05) is 31.0 Å². The lowest BCUT2D eigenvalue weighted by Gasteiger charge is -2.25. The van der Waals surface area contributed by atoms with Crippen molar-refractivity contribution in [3.05, 3.63) is 90.0 Å². The summed E-state index contributed by atoms with van der Waals surface area (Å²) in [7, 11) is -0.497. The zero-order valence-electron chi connectivity index (χ0n) is 21.8. The summed E-state index contributed by atoms with van der Waals surface area (Å²) in [4.78, 5) is 26.9. The number of unbranched alkanes of at least 4 members (excludes halogenated alkanes) is 1. The SMILES string of the molecule is CCCCS(=O)(=O)N(CC(=O)N(C)C)c1ccc(N/C(=C2\C(=O)Nc3ccccc32)c2ccccc2)cc1. The molecule has 0 saturated carbocycles. The fourth-order valence-electron chi connectivity index (χ4n) is 4.16. The highest BCUT2D eigenvalue weighted by Gasteiger charge is 2.28. The van der Waals surface area contributed by atoms with Crippen LogP contribution in [0.4, 0.5) is 17.1 Å². The van der Waals surface area contributed by atoms with Crippen LogP contribution in [-0.2, 0) is 19.6 Å². The minimum atomic E-state index is -3.70. The van der Waals surface area contributed by atoms with E-state index in [0.29, 0.717) is 29.1 Å². The van der Waals surface area contributed by atoms with Gasteiger partial charge in [-0.2, -0.15) is 0 Å². The molecule has 0 aliphatic carbocycles. The van der Waals surface area contributed by atoms with E-state index in [1.165, 1.54) is 9.21 Å². The number of rotatable bonds is 10. The van der Waals surface area contributed by atoms with Gasteiger partial charge in [-0.15, -0.1) is 0 Å². The summed E-state index contributed by atoms with van der Waals surface area (Å²) in [6.45, 7) is 1.65. The van der Waals surface area contributed by atoms with E-state index in [1.807, 2.05) is 61.5 Å². The summed E-state index contributed by atoms with van der Waals surface area (Å²) in [6.07, 6.45) is 1.23. The third-order valence-electron chi connectivity index (χ3n) is 6.28. The molecule has 2 N–H and O–H groups in total. The first-order valence-corrected chi connectivity index (χ1v) is 14.1. The normalized spacial score (nSPS) is 13.9. The van der Waals surface area contributed by atoms with Gasteiger partial charge in [0.15, 0.2) is 0 Å². The molecule has 198 valence electrons. The van der Waals surface area contributed by atoms with E-state index >= 15 is 0 Å². The van der Waals surface area contributed by atoms with Gasteiger partial charge in [-0.05, 0) is 42.3 Å². The quantitative estimate of drug-likeness (QED) is 0.371. The number of amides is 2. The lowest BCUT2D eigenvalue weighted by atomic mass is 10.00. The molecule has 2 amide bonds. The average molecular weight is 533 g/mol. The van der Waals surface area contributed by atoms with Crippen molar-refractivity contribution in [3.63, 3.8) is 0 Å². The van der Waals surface area contributed by atoms with Crippen LogP contribution >= 0.6 is 0 Å². The number of carbonyl (C=O) groups excluding carboxylic acids is 2. The van der Waals surface area contributed by atoms with E-state index in [9.17, 15) is 18.0 Å². The third-order valence-corrected chi connectivity index (χ3v) is 8.09. The maximum Gasteiger partial charge on any atom is 0.258 e. The lowest BCUT2D eigenvalue weighted by Crippen LogP contribution is -2.41. The number of carbonyl (C=O) groups is 2. The second-order valence-electron chi connectivity index (χ2n) is 9.25. The molecule has 0 spiro atoms. The maximum absolute atomic E-state index is 13.1. The van der Waals surface area contributed by atoms with Crippen LogP contribution in [0, 0.1) is 0 Å². The van der Waals surface area contributed by atoms with Gasteiger partial charge in [-0.25, -0.2) is 8.42 Å². The first kappa shape index (κ1) is 26.9. The number of anilines is 3. The topological polar surface area (TPSA) is 98.8 Å². The minimum absolute atomic E-state index is 0.0387. The van der Waals surface area contributed by atoms with Crippen molar-refractivity contribution < 1.29 is 18.0 Å². The number of sulfonamides is 1. The van der Waals surface area contributed by atoms with Crippen LogP contribution in [0.1, 0.15) is 30.9 Å². The predicted octanol–water partition coefficient (Wildman–Crippen LogP) is 4.64. The Morgan fingerprint density at radius 1 is 0.921 bits per heavy atom. The molecular weight excluding hydrogens is 500 g/mol. The van der Waals surface area contributed by atoms with Gasteiger partial charge < -0.3 is 15.5 Å². The average Bonchev–Trinajstić information content (AvgIpc) is 3.25. The molecule has 1 aliphatic rings. The number of nitrogens with zero attached hydrogens (tertiary/aromatic N) is 2. The van der Waals surface area contributed by atoms with E-state index < -0.39 is 10.0 Å². The maximum atomic E-state index is 13.1. The molecule has 0 bridgehead atoms. The molecule has 4 rings (SSSR count). The number of benzene rings is 3. The zero-order valence-corrected chi connectivity index (χ0v) is 22.6. The molecule has 3 aromatic carbocycles. The van der Waals surface area contributed by atoms with Gasteiger partial charge >= 0.3 is 0 Å². The summed E-state index contributed by atoms with van der Waals surface area (Å²) >= 11 is 0. The molecule has 0 atom stereocenters. The van der Waals surface area contributed by atoms with Crippen molar-refractivity contribution in [2.45, 2.75) is 19.8 Å². The predicted molar refractivity (Wildman–Crippen MR) is 153 cm³/mol. The molecule has 0 saturated heterocycles. The Balaban J connectivity index is 1.71. The summed E-state index contributed by atoms with van der Waals surface area (Å²) in [6, 6.07) is 23.9. The van der Waals surface area contributed by atoms with Gasteiger partial charge in [-0.3, -0.25) is 13.9 Å². The summed E-state index contributed by atoms with van der Waals surface area (Å²) < 4.78 is 27.4. The van der Waals surface area contributed by atoms with Crippen LogP contribution in [-0.4, -0.2) is 51.5 Å². The highest BCUT2D eigenvalue weighted by Crippen LogP contribution is 2.37. The van der Waals surface area contributed by atoms with Crippen LogP contribution in [0.2, 0.25) is 0 Å². The fourth-order valence-corrected chi connectivity index (χ4v) is 5.78. The molecule has 0 unspecified atom stereocenters. The van der Waals surface area contributed by atoms with Crippen LogP contribution in [0.3, 0.4) is 0 Å². The van der Waals surface area contributed by atoms with Gasteiger partial charge in [0.05, 0.1) is 22.7 Å². The number of para-hydroxylation sites is 1. The van der Waals surface area contributed by atoms with E-state index in [1.54, 1.807) is 38.4 Å². The monoisotopic (exact) mass is 532 g/mol. The Labute approximate surface area is 224 Å². The second-order valence-corrected chi connectivity index (χ2v) is 11.3. The molecule has 0 aromatic heterocycles. The highest BCUT2D eigenvalue weighted by molar-refractivity contribution is 7.92. The molecule has 38 heavy (non-hydrogen) atoms. The third kappa shape index (κ3) is 5.89. The van der Waals surface area contributed by atoms with Gasteiger partial charge in [0.2, 0.25) is 15.9 Å². The Bertz CT molecular complexity index is 1450. The van der Waals surface area contributed by atoms with E-state index in [2.05, 4.69) is 10.6 Å². The Morgan fingerprint density at radius 3 is 2.24 bits per heavy atom. The van der Waals surface area contributed by atoms with Gasteiger partial charge in [-0.1, -0.05) is 61.9 Å². The Hall–Kier alpha value is -4.11. The fraction of sp³-hybridized carbons (Fsp3) is 0.241. The van der Waals surface area contributed by atoms with Crippen molar-refractivity contribution in [2.24, 2.45) is 0 Å². The summed E-state index contributed by atoms with van der Waals surface area (Å²) in [5.74, 6) is -0.554. The Morgan fingerprint density at radius 2 is 1.58 bits per heavy atom. The van der Waals surface area contributed by atoms with E-state index in [0.717, 1.165) is 23.2 Å². The number of likely N-dealkylation sites (N-methyl/N-ethyl adjacent to an activating group) is 1. The van der Waals surface area contributed by atoms with Crippen LogP contribution < -0.4 is 14.9 Å². The van der Waals surface area contributed by atoms with Crippen LogP contribution in [0.5, 0.6) is 0 Å². The minimum Gasteiger partial charge on any atom is -0.354 e. The van der Waals surface area contributed by atoms with Crippen molar-refractivity contribution in [1.82, 2.24) is 4.90 Å². The molecule has 0 radical (unpaired) electrons. The molecule has 8 nitrogen and oxygen atoms in total. The lowest BCUT2D eigenvalue weighted by molar-refractivity contribution is -0.127. The zero-order chi connectivity index (χ0) is 27.3. The first-order chi connectivity index (χ1) is 18.2. The molecule has 3 aromatic rings. The molecule has 0 fully saturated rings. The van der Waals surface area contributed by atoms with E-state index in [-0.39, 0.29) is 24.1 Å². The standard InChI is InChI=1S/C29H32N4O4S/c1-4-5-19-38(36,37)33(20-26(34)32(2)3)23-17-15-22(16-18-23)30-28(21-11-7-6-8-12-21)27-24-13-9-10-14-25(24)31-29(27)35/h6-18,30H,4-5,19-20H2,1-3H3,(H,31,35)/b28-27-. The molecular formula is C29H32N4O4S. The van der Waals surface area contributed by atoms with Crippen LogP contribution in [0.15, 0.2) is 78.9 Å².